The van der Waals surface area contributed by atoms with E-state index < -0.39 is 0 Å². The molecule has 1 atom stereocenters. The van der Waals surface area contributed by atoms with Gasteiger partial charge in [-0.15, -0.1) is 0 Å². The summed E-state index contributed by atoms with van der Waals surface area (Å²) in [7, 11) is 7.32. The molecule has 1 amide bonds. The first-order valence-corrected chi connectivity index (χ1v) is 8.87. The Labute approximate surface area is 154 Å². The Morgan fingerprint density at radius 1 is 1.20 bits per heavy atom. The molecule has 2 aliphatic rings. The van der Waals surface area contributed by atoms with Crippen LogP contribution >= 0.6 is 12.2 Å². The standard InChI is InChI=1S/C18H25N3O3S/c1-19(2)6-5-7-20-17(22)14-8-12-9-15(23-3)16(24-4)10-13(12)11-21(14)18(20)25/h9-10,14H,5-8,11H2,1-4H3/t14-/m0/s1. The number of rotatable bonds is 6. The molecule has 1 aromatic rings. The molecule has 0 radical (unpaired) electrons. The summed E-state index contributed by atoms with van der Waals surface area (Å²) < 4.78 is 10.8. The molecule has 0 N–H and O–H groups in total. The first-order chi connectivity index (χ1) is 12.0. The molecule has 0 saturated carbocycles. The monoisotopic (exact) mass is 363 g/mol. The molecule has 2 heterocycles. The second-order valence-electron chi connectivity index (χ2n) is 6.75. The van der Waals surface area contributed by atoms with E-state index in [0.717, 1.165) is 24.1 Å². The van der Waals surface area contributed by atoms with Gasteiger partial charge in [0.1, 0.15) is 6.04 Å². The number of ether oxygens (including phenoxy) is 2. The van der Waals surface area contributed by atoms with Crippen molar-refractivity contribution in [1.29, 1.82) is 0 Å². The van der Waals surface area contributed by atoms with E-state index in [9.17, 15) is 4.79 Å². The second kappa shape index (κ2) is 7.17. The zero-order valence-electron chi connectivity index (χ0n) is 15.2. The van der Waals surface area contributed by atoms with E-state index in [4.69, 9.17) is 21.7 Å². The predicted molar refractivity (Wildman–Crippen MR) is 100 cm³/mol. The van der Waals surface area contributed by atoms with Crippen LogP contribution in [0.5, 0.6) is 11.5 Å². The molecule has 1 aromatic carbocycles. The largest absolute Gasteiger partial charge is 0.493 e. The Hall–Kier alpha value is -1.86. The minimum atomic E-state index is -0.197. The number of hydrogen-bond acceptors (Lipinski definition) is 5. The Kier molecular flexibility index (Phi) is 5.15. The first kappa shape index (κ1) is 17.9. The summed E-state index contributed by atoms with van der Waals surface area (Å²) in [5.74, 6) is 1.52. The van der Waals surface area contributed by atoms with Gasteiger partial charge in [0.25, 0.3) is 5.91 Å². The van der Waals surface area contributed by atoms with Crippen molar-refractivity contribution in [1.82, 2.24) is 14.7 Å². The summed E-state index contributed by atoms with van der Waals surface area (Å²) >= 11 is 5.59. The molecule has 0 bridgehead atoms. The highest BCUT2D eigenvalue weighted by atomic mass is 32.1. The molecule has 0 aliphatic carbocycles. The number of benzene rings is 1. The molecule has 0 aromatic heterocycles. The maximum atomic E-state index is 12.8. The summed E-state index contributed by atoms with van der Waals surface area (Å²) in [6.45, 7) is 2.24. The Morgan fingerprint density at radius 2 is 1.84 bits per heavy atom. The van der Waals surface area contributed by atoms with E-state index in [1.54, 1.807) is 19.1 Å². The van der Waals surface area contributed by atoms with E-state index in [1.165, 1.54) is 0 Å². The van der Waals surface area contributed by atoms with Crippen molar-refractivity contribution >= 4 is 23.2 Å². The molecule has 1 fully saturated rings. The molecule has 25 heavy (non-hydrogen) atoms. The summed E-state index contributed by atoms with van der Waals surface area (Å²) in [5, 5.41) is 0.647. The minimum absolute atomic E-state index is 0.115. The highest BCUT2D eigenvalue weighted by Crippen LogP contribution is 2.37. The van der Waals surface area contributed by atoms with Crippen LogP contribution in [-0.2, 0) is 17.8 Å². The maximum absolute atomic E-state index is 12.8. The smallest absolute Gasteiger partial charge is 0.251 e. The molecular formula is C18H25N3O3S. The van der Waals surface area contributed by atoms with Gasteiger partial charge in [-0.05, 0) is 62.5 Å². The van der Waals surface area contributed by atoms with Crippen LogP contribution < -0.4 is 9.47 Å². The van der Waals surface area contributed by atoms with Gasteiger partial charge in [-0.1, -0.05) is 0 Å². The van der Waals surface area contributed by atoms with Gasteiger partial charge in [-0.2, -0.15) is 0 Å². The summed E-state index contributed by atoms with van der Waals surface area (Å²) in [6, 6.07) is 3.78. The fraction of sp³-hybridized carbons (Fsp3) is 0.556. The van der Waals surface area contributed by atoms with E-state index in [1.807, 2.05) is 31.1 Å². The van der Waals surface area contributed by atoms with Crippen LogP contribution in [0.3, 0.4) is 0 Å². The third-order valence-corrected chi connectivity index (χ3v) is 5.31. The molecule has 3 rings (SSSR count). The summed E-state index contributed by atoms with van der Waals surface area (Å²) in [6.07, 6.45) is 1.56. The average molecular weight is 363 g/mol. The lowest BCUT2D eigenvalue weighted by Gasteiger charge is -2.31. The second-order valence-corrected chi connectivity index (χ2v) is 7.12. The third kappa shape index (κ3) is 3.30. The molecule has 136 valence electrons. The van der Waals surface area contributed by atoms with Crippen LogP contribution in [-0.4, -0.2) is 73.2 Å². The number of carbonyl (C=O) groups excluding carboxylic acids is 1. The SMILES string of the molecule is COc1cc2c(cc1OC)CN1C(=S)N(CCCN(C)C)C(=O)[C@@H]1C2. The normalized spacial score (nSPS) is 19.3. The summed E-state index contributed by atoms with van der Waals surface area (Å²) in [4.78, 5) is 18.8. The number of thiocarbonyl (C=S) groups is 1. The first-order valence-electron chi connectivity index (χ1n) is 8.46. The van der Waals surface area contributed by atoms with Crippen LogP contribution in [0.4, 0.5) is 0 Å². The quantitative estimate of drug-likeness (QED) is 0.714. The Balaban J connectivity index is 1.80. The fourth-order valence-electron chi connectivity index (χ4n) is 3.51. The Bertz CT molecular complexity index is 641. The van der Waals surface area contributed by atoms with Crippen LogP contribution in [0.25, 0.3) is 0 Å². The van der Waals surface area contributed by atoms with Gasteiger partial charge in [0, 0.05) is 19.5 Å². The van der Waals surface area contributed by atoms with E-state index in [0.29, 0.717) is 36.1 Å². The van der Waals surface area contributed by atoms with Gasteiger partial charge in [-0.25, -0.2) is 0 Å². The third-order valence-electron chi connectivity index (χ3n) is 4.85. The van der Waals surface area contributed by atoms with Crippen molar-refractivity contribution in [2.75, 3.05) is 41.4 Å². The summed E-state index contributed by atoms with van der Waals surface area (Å²) in [5.41, 5.74) is 2.27. The van der Waals surface area contributed by atoms with Crippen molar-refractivity contribution in [3.8, 4) is 11.5 Å². The maximum Gasteiger partial charge on any atom is 0.251 e. The molecule has 0 unspecified atom stereocenters. The number of fused-ring (bicyclic) bond motifs is 2. The molecular weight excluding hydrogens is 338 g/mol. The lowest BCUT2D eigenvalue weighted by Crippen LogP contribution is -2.40. The van der Waals surface area contributed by atoms with Gasteiger partial charge in [-0.3, -0.25) is 9.69 Å². The molecule has 7 heteroatoms. The van der Waals surface area contributed by atoms with Crippen molar-refractivity contribution in [3.05, 3.63) is 23.3 Å². The highest BCUT2D eigenvalue weighted by Gasteiger charge is 2.44. The van der Waals surface area contributed by atoms with E-state index in [-0.39, 0.29) is 11.9 Å². The van der Waals surface area contributed by atoms with Gasteiger partial charge in [0.05, 0.1) is 14.2 Å². The predicted octanol–water partition coefficient (Wildman–Crippen LogP) is 1.51. The molecule has 1 saturated heterocycles. The fourth-order valence-corrected chi connectivity index (χ4v) is 3.89. The number of amides is 1. The van der Waals surface area contributed by atoms with Crippen LogP contribution in [0, 0.1) is 0 Å². The number of nitrogens with zero attached hydrogens (tertiary/aromatic N) is 3. The topological polar surface area (TPSA) is 45.3 Å². The number of carbonyl (C=O) groups is 1. The molecule has 0 spiro atoms. The Morgan fingerprint density at radius 3 is 2.44 bits per heavy atom. The van der Waals surface area contributed by atoms with Gasteiger partial charge in [0.2, 0.25) is 0 Å². The zero-order chi connectivity index (χ0) is 18.1. The molecule has 6 nitrogen and oxygen atoms in total. The lowest BCUT2D eigenvalue weighted by atomic mass is 9.94. The van der Waals surface area contributed by atoms with Crippen molar-refractivity contribution < 1.29 is 14.3 Å². The lowest BCUT2D eigenvalue weighted by molar-refractivity contribution is -0.128. The van der Waals surface area contributed by atoms with E-state index >= 15 is 0 Å². The number of methoxy groups -OCH3 is 2. The van der Waals surface area contributed by atoms with E-state index in [2.05, 4.69) is 4.90 Å². The van der Waals surface area contributed by atoms with Crippen molar-refractivity contribution in [2.45, 2.75) is 25.4 Å². The zero-order valence-corrected chi connectivity index (χ0v) is 16.1. The van der Waals surface area contributed by atoms with Crippen LogP contribution in [0.2, 0.25) is 0 Å². The number of hydrogen-bond donors (Lipinski definition) is 0. The van der Waals surface area contributed by atoms with Crippen LogP contribution in [0.1, 0.15) is 17.5 Å². The van der Waals surface area contributed by atoms with Gasteiger partial charge >= 0.3 is 0 Å². The average Bonchev–Trinajstić information content (AvgIpc) is 2.82. The highest BCUT2D eigenvalue weighted by molar-refractivity contribution is 7.80. The van der Waals surface area contributed by atoms with Gasteiger partial charge < -0.3 is 19.3 Å². The minimum Gasteiger partial charge on any atom is -0.493 e. The van der Waals surface area contributed by atoms with Crippen LogP contribution in [0.15, 0.2) is 12.1 Å². The van der Waals surface area contributed by atoms with Gasteiger partial charge in [0.15, 0.2) is 16.6 Å². The van der Waals surface area contributed by atoms with Crippen molar-refractivity contribution in [3.63, 3.8) is 0 Å². The van der Waals surface area contributed by atoms with Crippen molar-refractivity contribution in [2.24, 2.45) is 0 Å². The molecule has 2 aliphatic heterocycles.